The van der Waals surface area contributed by atoms with Crippen LogP contribution in [0.4, 0.5) is 5.69 Å². The second-order valence-electron chi connectivity index (χ2n) is 6.38. The first-order valence-electron chi connectivity index (χ1n) is 8.54. The van der Waals surface area contributed by atoms with Crippen molar-refractivity contribution in [1.29, 1.82) is 0 Å². The van der Waals surface area contributed by atoms with Crippen LogP contribution >= 0.6 is 0 Å². The van der Waals surface area contributed by atoms with E-state index in [1.54, 1.807) is 0 Å². The molecule has 1 fully saturated rings. The normalized spacial score (nSPS) is 15.0. The van der Waals surface area contributed by atoms with Gasteiger partial charge in [-0.3, -0.25) is 4.90 Å². The van der Waals surface area contributed by atoms with Crippen LogP contribution in [-0.2, 0) is 24.4 Å². The maximum atomic E-state index is 9.14. The second kappa shape index (κ2) is 8.29. The van der Waals surface area contributed by atoms with Crippen LogP contribution < -0.4 is 4.90 Å². The van der Waals surface area contributed by atoms with Crippen LogP contribution in [-0.4, -0.2) is 43.4 Å². The van der Waals surface area contributed by atoms with Gasteiger partial charge in [0.05, 0.1) is 19.8 Å². The minimum Gasteiger partial charge on any atom is -0.392 e. The Labute approximate surface area is 144 Å². The van der Waals surface area contributed by atoms with E-state index >= 15 is 0 Å². The summed E-state index contributed by atoms with van der Waals surface area (Å²) in [5, 5.41) is 9.14. The molecule has 3 rings (SSSR count). The third-order valence-corrected chi connectivity index (χ3v) is 4.44. The molecule has 0 saturated carbocycles. The predicted molar refractivity (Wildman–Crippen MR) is 97.0 cm³/mol. The number of aliphatic hydroxyl groups excluding tert-OH is 1. The van der Waals surface area contributed by atoms with Crippen molar-refractivity contribution < 1.29 is 9.84 Å². The summed E-state index contributed by atoms with van der Waals surface area (Å²) in [5.41, 5.74) is 4.90. The van der Waals surface area contributed by atoms with Crippen molar-refractivity contribution in [2.75, 3.05) is 38.3 Å². The van der Waals surface area contributed by atoms with Crippen molar-refractivity contribution in [2.24, 2.45) is 0 Å². The molecule has 1 N–H and O–H groups in total. The first kappa shape index (κ1) is 17.0. The molecule has 2 aromatic carbocycles. The third kappa shape index (κ3) is 4.35. The van der Waals surface area contributed by atoms with E-state index in [1.807, 2.05) is 12.1 Å². The van der Waals surface area contributed by atoms with Gasteiger partial charge in [-0.2, -0.15) is 0 Å². The lowest BCUT2D eigenvalue weighted by Gasteiger charge is -2.31. The second-order valence-corrected chi connectivity index (χ2v) is 6.38. The van der Waals surface area contributed by atoms with Gasteiger partial charge in [-0.1, -0.05) is 42.5 Å². The minimum atomic E-state index is 0.100. The van der Waals surface area contributed by atoms with Crippen LogP contribution in [0.1, 0.15) is 16.7 Å². The Morgan fingerprint density at radius 3 is 2.33 bits per heavy atom. The molecule has 4 nitrogen and oxygen atoms in total. The Bertz CT molecular complexity index is 636. The van der Waals surface area contributed by atoms with Gasteiger partial charge in [0, 0.05) is 31.9 Å². The quantitative estimate of drug-likeness (QED) is 0.885. The van der Waals surface area contributed by atoms with Gasteiger partial charge in [-0.25, -0.2) is 0 Å². The van der Waals surface area contributed by atoms with Crippen molar-refractivity contribution in [3.8, 4) is 0 Å². The van der Waals surface area contributed by atoms with Crippen molar-refractivity contribution in [3.05, 3.63) is 65.2 Å². The standard InChI is InChI=1S/C20H26N2O2/c1-21(14-17-6-8-18(16-23)9-7-17)15-19-4-2-3-5-20(19)22-10-12-24-13-11-22/h2-9,23H,10-16H2,1H3. The number of benzene rings is 2. The minimum absolute atomic E-state index is 0.100. The molecule has 0 radical (unpaired) electrons. The Morgan fingerprint density at radius 1 is 0.958 bits per heavy atom. The lowest BCUT2D eigenvalue weighted by molar-refractivity contribution is 0.122. The molecule has 2 aromatic rings. The number of ether oxygens (including phenoxy) is 1. The Balaban J connectivity index is 1.66. The van der Waals surface area contributed by atoms with Crippen LogP contribution in [0.15, 0.2) is 48.5 Å². The molecule has 1 aliphatic heterocycles. The fourth-order valence-electron chi connectivity index (χ4n) is 3.17. The van der Waals surface area contributed by atoms with Gasteiger partial charge >= 0.3 is 0 Å². The number of hydrogen-bond donors (Lipinski definition) is 1. The molecular formula is C20H26N2O2. The molecule has 0 spiro atoms. The zero-order chi connectivity index (χ0) is 16.8. The number of nitrogens with zero attached hydrogens (tertiary/aromatic N) is 2. The topological polar surface area (TPSA) is 35.9 Å². The molecule has 1 saturated heterocycles. The first-order chi connectivity index (χ1) is 11.8. The first-order valence-corrected chi connectivity index (χ1v) is 8.54. The predicted octanol–water partition coefficient (Wildman–Crippen LogP) is 2.65. The van der Waals surface area contributed by atoms with E-state index in [9.17, 15) is 0 Å². The molecule has 4 heteroatoms. The lowest BCUT2D eigenvalue weighted by Crippen LogP contribution is -2.37. The molecule has 0 bridgehead atoms. The van der Waals surface area contributed by atoms with E-state index in [0.29, 0.717) is 0 Å². The summed E-state index contributed by atoms with van der Waals surface area (Å²) in [6.07, 6.45) is 0. The summed E-state index contributed by atoms with van der Waals surface area (Å²) >= 11 is 0. The molecule has 0 atom stereocenters. The van der Waals surface area contributed by atoms with Gasteiger partial charge in [0.15, 0.2) is 0 Å². The zero-order valence-corrected chi connectivity index (χ0v) is 14.3. The fraction of sp³-hybridized carbons (Fsp3) is 0.400. The van der Waals surface area contributed by atoms with E-state index in [-0.39, 0.29) is 6.61 Å². The number of aliphatic hydroxyl groups is 1. The van der Waals surface area contributed by atoms with E-state index in [4.69, 9.17) is 9.84 Å². The Hall–Kier alpha value is -1.88. The average molecular weight is 326 g/mol. The molecule has 0 amide bonds. The summed E-state index contributed by atoms with van der Waals surface area (Å²) in [6, 6.07) is 16.8. The summed E-state index contributed by atoms with van der Waals surface area (Å²) in [5.74, 6) is 0. The number of para-hydroxylation sites is 1. The number of rotatable bonds is 6. The monoisotopic (exact) mass is 326 g/mol. The van der Waals surface area contributed by atoms with Gasteiger partial charge in [-0.15, -0.1) is 0 Å². The van der Waals surface area contributed by atoms with E-state index in [0.717, 1.165) is 45.0 Å². The van der Waals surface area contributed by atoms with Crippen LogP contribution in [0.3, 0.4) is 0 Å². The van der Waals surface area contributed by atoms with Crippen molar-refractivity contribution in [2.45, 2.75) is 19.7 Å². The zero-order valence-electron chi connectivity index (χ0n) is 14.3. The van der Waals surface area contributed by atoms with Crippen LogP contribution in [0.2, 0.25) is 0 Å². The summed E-state index contributed by atoms with van der Waals surface area (Å²) in [7, 11) is 2.15. The molecule has 0 aliphatic carbocycles. The highest BCUT2D eigenvalue weighted by Gasteiger charge is 2.15. The largest absolute Gasteiger partial charge is 0.392 e. The van der Waals surface area contributed by atoms with Gasteiger partial charge < -0.3 is 14.7 Å². The molecule has 1 heterocycles. The highest BCUT2D eigenvalue weighted by atomic mass is 16.5. The fourth-order valence-corrected chi connectivity index (χ4v) is 3.17. The molecule has 1 aliphatic rings. The van der Waals surface area contributed by atoms with E-state index in [1.165, 1.54) is 16.8 Å². The lowest BCUT2D eigenvalue weighted by atomic mass is 10.1. The van der Waals surface area contributed by atoms with E-state index < -0.39 is 0 Å². The highest BCUT2D eigenvalue weighted by molar-refractivity contribution is 5.53. The molecule has 0 unspecified atom stereocenters. The molecule has 24 heavy (non-hydrogen) atoms. The van der Waals surface area contributed by atoms with Crippen molar-refractivity contribution in [1.82, 2.24) is 4.90 Å². The third-order valence-electron chi connectivity index (χ3n) is 4.44. The van der Waals surface area contributed by atoms with Crippen LogP contribution in [0.25, 0.3) is 0 Å². The number of hydrogen-bond acceptors (Lipinski definition) is 4. The Morgan fingerprint density at radius 2 is 1.62 bits per heavy atom. The molecule has 128 valence electrons. The van der Waals surface area contributed by atoms with Crippen molar-refractivity contribution >= 4 is 5.69 Å². The number of anilines is 1. The molecule has 0 aromatic heterocycles. The van der Waals surface area contributed by atoms with Crippen LogP contribution in [0.5, 0.6) is 0 Å². The van der Waals surface area contributed by atoms with Crippen LogP contribution in [0, 0.1) is 0 Å². The summed E-state index contributed by atoms with van der Waals surface area (Å²) in [6.45, 7) is 5.44. The van der Waals surface area contributed by atoms with E-state index in [2.05, 4.69) is 53.2 Å². The van der Waals surface area contributed by atoms with Gasteiger partial charge in [0.2, 0.25) is 0 Å². The van der Waals surface area contributed by atoms with Crippen molar-refractivity contribution in [3.63, 3.8) is 0 Å². The average Bonchev–Trinajstić information content (AvgIpc) is 2.63. The molecular weight excluding hydrogens is 300 g/mol. The Kier molecular flexibility index (Phi) is 5.86. The SMILES string of the molecule is CN(Cc1ccc(CO)cc1)Cc1ccccc1N1CCOCC1. The number of morpholine rings is 1. The van der Waals surface area contributed by atoms with Gasteiger partial charge in [0.1, 0.15) is 0 Å². The maximum Gasteiger partial charge on any atom is 0.0681 e. The summed E-state index contributed by atoms with van der Waals surface area (Å²) < 4.78 is 5.47. The van der Waals surface area contributed by atoms with Gasteiger partial charge in [-0.05, 0) is 29.8 Å². The highest BCUT2D eigenvalue weighted by Crippen LogP contribution is 2.23. The summed E-state index contributed by atoms with van der Waals surface area (Å²) in [4.78, 5) is 4.75. The smallest absolute Gasteiger partial charge is 0.0681 e. The van der Waals surface area contributed by atoms with Gasteiger partial charge in [0.25, 0.3) is 0 Å². The maximum absolute atomic E-state index is 9.14.